The van der Waals surface area contributed by atoms with Crippen molar-refractivity contribution in [1.29, 1.82) is 5.26 Å². The standard InChI is InChI=1S/C15H21NO4S/c1-14-6-8-15(9-7-14)21(17,18)20-13-4-2-3-11-19-12-5-10-16/h6-9H,2-5,11-13H2,1H3. The van der Waals surface area contributed by atoms with Crippen LogP contribution in [0.4, 0.5) is 0 Å². The van der Waals surface area contributed by atoms with Gasteiger partial charge in [0.05, 0.1) is 30.6 Å². The summed E-state index contributed by atoms with van der Waals surface area (Å²) in [7, 11) is -3.65. The number of unbranched alkanes of at least 4 members (excludes halogenated alkanes) is 2. The maximum absolute atomic E-state index is 11.9. The highest BCUT2D eigenvalue weighted by molar-refractivity contribution is 7.86. The molecule has 5 nitrogen and oxygen atoms in total. The monoisotopic (exact) mass is 311 g/mol. The number of rotatable bonds is 10. The molecule has 0 aliphatic carbocycles. The van der Waals surface area contributed by atoms with Crippen LogP contribution in [0, 0.1) is 18.3 Å². The normalized spacial score (nSPS) is 11.2. The zero-order valence-corrected chi connectivity index (χ0v) is 13.1. The van der Waals surface area contributed by atoms with E-state index in [1.807, 2.05) is 13.0 Å². The van der Waals surface area contributed by atoms with Crippen molar-refractivity contribution in [2.24, 2.45) is 0 Å². The molecule has 0 radical (unpaired) electrons. The third-order valence-corrected chi connectivity index (χ3v) is 4.17. The van der Waals surface area contributed by atoms with E-state index < -0.39 is 10.1 Å². The zero-order chi connectivity index (χ0) is 15.6. The average molecular weight is 311 g/mol. The summed E-state index contributed by atoms with van der Waals surface area (Å²) >= 11 is 0. The van der Waals surface area contributed by atoms with E-state index in [1.165, 1.54) is 0 Å². The molecule has 0 N–H and O–H groups in total. The predicted molar refractivity (Wildman–Crippen MR) is 79.2 cm³/mol. The third kappa shape index (κ3) is 7.23. The highest BCUT2D eigenvalue weighted by Crippen LogP contribution is 2.13. The predicted octanol–water partition coefficient (Wildman–Crippen LogP) is 2.80. The number of nitriles is 1. The van der Waals surface area contributed by atoms with E-state index in [0.717, 1.165) is 18.4 Å². The highest BCUT2D eigenvalue weighted by Gasteiger charge is 2.14. The molecule has 0 aliphatic rings. The van der Waals surface area contributed by atoms with Gasteiger partial charge >= 0.3 is 0 Å². The quantitative estimate of drug-likeness (QED) is 0.490. The van der Waals surface area contributed by atoms with E-state index >= 15 is 0 Å². The lowest BCUT2D eigenvalue weighted by Crippen LogP contribution is -2.08. The van der Waals surface area contributed by atoms with Crippen LogP contribution in [0.3, 0.4) is 0 Å². The molecule has 0 aliphatic heterocycles. The molecule has 0 bridgehead atoms. The van der Waals surface area contributed by atoms with Crippen molar-refractivity contribution in [3.05, 3.63) is 29.8 Å². The van der Waals surface area contributed by atoms with Crippen molar-refractivity contribution < 1.29 is 17.3 Å². The van der Waals surface area contributed by atoms with Crippen LogP contribution < -0.4 is 0 Å². The first kappa shape index (κ1) is 17.6. The van der Waals surface area contributed by atoms with E-state index in [0.29, 0.717) is 26.1 Å². The van der Waals surface area contributed by atoms with Gasteiger partial charge in [0, 0.05) is 6.61 Å². The van der Waals surface area contributed by atoms with Gasteiger partial charge in [-0.3, -0.25) is 4.18 Å². The van der Waals surface area contributed by atoms with E-state index in [2.05, 4.69) is 0 Å². The van der Waals surface area contributed by atoms with Crippen LogP contribution in [0.15, 0.2) is 29.2 Å². The van der Waals surface area contributed by atoms with Crippen LogP contribution in [0.1, 0.15) is 31.2 Å². The van der Waals surface area contributed by atoms with E-state index in [9.17, 15) is 8.42 Å². The Bertz CT molecular complexity index is 546. The molecule has 0 atom stereocenters. The molecule has 116 valence electrons. The van der Waals surface area contributed by atoms with Crippen LogP contribution in [0.2, 0.25) is 0 Å². The van der Waals surface area contributed by atoms with Crippen LogP contribution in [-0.2, 0) is 19.0 Å². The molecular weight excluding hydrogens is 290 g/mol. The molecule has 0 aromatic heterocycles. The van der Waals surface area contributed by atoms with E-state index in [-0.39, 0.29) is 11.5 Å². The summed E-state index contributed by atoms with van der Waals surface area (Å²) < 4.78 is 34.0. The van der Waals surface area contributed by atoms with Gasteiger partial charge in [-0.2, -0.15) is 13.7 Å². The molecule has 0 amide bonds. The van der Waals surface area contributed by atoms with Gasteiger partial charge in [-0.1, -0.05) is 17.7 Å². The Balaban J connectivity index is 2.17. The largest absolute Gasteiger partial charge is 0.380 e. The fourth-order valence-electron chi connectivity index (χ4n) is 1.64. The lowest BCUT2D eigenvalue weighted by atomic mass is 10.2. The zero-order valence-electron chi connectivity index (χ0n) is 12.2. The molecule has 1 rings (SSSR count). The Morgan fingerprint density at radius 2 is 1.71 bits per heavy atom. The third-order valence-electron chi connectivity index (χ3n) is 2.84. The summed E-state index contributed by atoms with van der Waals surface area (Å²) in [5, 5.41) is 8.32. The molecule has 1 aromatic rings. The van der Waals surface area contributed by atoms with Crippen LogP contribution in [0.5, 0.6) is 0 Å². The first-order valence-corrected chi connectivity index (χ1v) is 8.38. The number of aryl methyl sites for hydroxylation is 1. The molecule has 0 unspecified atom stereocenters. The smallest absolute Gasteiger partial charge is 0.296 e. The molecule has 1 aromatic carbocycles. The van der Waals surface area contributed by atoms with Crippen molar-refractivity contribution in [2.75, 3.05) is 19.8 Å². The Morgan fingerprint density at radius 1 is 1.05 bits per heavy atom. The Morgan fingerprint density at radius 3 is 2.38 bits per heavy atom. The lowest BCUT2D eigenvalue weighted by molar-refractivity contribution is 0.134. The first-order chi connectivity index (χ1) is 10.1. The van der Waals surface area contributed by atoms with Crippen molar-refractivity contribution in [3.63, 3.8) is 0 Å². The van der Waals surface area contributed by atoms with Gasteiger partial charge in [0.25, 0.3) is 10.1 Å². The summed E-state index contributed by atoms with van der Waals surface area (Å²) in [5.41, 5.74) is 1.00. The number of nitrogens with zero attached hydrogens (tertiary/aromatic N) is 1. The van der Waals surface area contributed by atoms with Crippen molar-refractivity contribution in [3.8, 4) is 6.07 Å². The van der Waals surface area contributed by atoms with Crippen LogP contribution in [-0.4, -0.2) is 28.2 Å². The minimum Gasteiger partial charge on any atom is -0.380 e. The fraction of sp³-hybridized carbons (Fsp3) is 0.533. The lowest BCUT2D eigenvalue weighted by Gasteiger charge is -2.06. The number of hydrogen-bond donors (Lipinski definition) is 0. The summed E-state index contributed by atoms with van der Waals surface area (Å²) in [5.74, 6) is 0. The number of hydrogen-bond acceptors (Lipinski definition) is 5. The van der Waals surface area contributed by atoms with Crippen molar-refractivity contribution in [2.45, 2.75) is 37.5 Å². The molecule has 0 fully saturated rings. The Labute approximate surface area is 126 Å². The van der Waals surface area contributed by atoms with Gasteiger partial charge < -0.3 is 4.74 Å². The highest BCUT2D eigenvalue weighted by atomic mass is 32.2. The molecule has 0 heterocycles. The minimum absolute atomic E-state index is 0.175. The number of ether oxygens (including phenoxy) is 1. The maximum Gasteiger partial charge on any atom is 0.296 e. The summed E-state index contributed by atoms with van der Waals surface area (Å²) in [4.78, 5) is 0.188. The second kappa shape index (κ2) is 9.50. The summed E-state index contributed by atoms with van der Waals surface area (Å²) in [6.45, 7) is 3.12. The SMILES string of the molecule is Cc1ccc(S(=O)(=O)OCCCCCOCCC#N)cc1. The van der Waals surface area contributed by atoms with Crippen LogP contribution >= 0.6 is 0 Å². The fourth-order valence-corrected chi connectivity index (χ4v) is 2.59. The first-order valence-electron chi connectivity index (χ1n) is 6.97. The molecule has 0 saturated heterocycles. The maximum atomic E-state index is 11.9. The topological polar surface area (TPSA) is 76.4 Å². The molecular formula is C15H21NO4S. The van der Waals surface area contributed by atoms with Crippen LogP contribution in [0.25, 0.3) is 0 Å². The van der Waals surface area contributed by atoms with Gasteiger partial charge in [-0.05, 0) is 38.3 Å². The van der Waals surface area contributed by atoms with Crippen molar-refractivity contribution >= 4 is 10.1 Å². The van der Waals surface area contributed by atoms with Crippen molar-refractivity contribution in [1.82, 2.24) is 0 Å². The molecule has 0 saturated carbocycles. The number of benzene rings is 1. The van der Waals surface area contributed by atoms with Gasteiger partial charge in [-0.25, -0.2) is 0 Å². The van der Waals surface area contributed by atoms with E-state index in [4.69, 9.17) is 14.2 Å². The minimum atomic E-state index is -3.65. The Kier molecular flexibility index (Phi) is 7.98. The van der Waals surface area contributed by atoms with Gasteiger partial charge in [-0.15, -0.1) is 0 Å². The molecule has 6 heteroatoms. The summed E-state index contributed by atoms with van der Waals surface area (Å²) in [6.07, 6.45) is 2.72. The average Bonchev–Trinajstić information content (AvgIpc) is 2.46. The second-order valence-corrected chi connectivity index (χ2v) is 6.29. The van der Waals surface area contributed by atoms with Gasteiger partial charge in [0.2, 0.25) is 0 Å². The summed E-state index contributed by atoms with van der Waals surface area (Å²) in [6, 6.07) is 8.59. The molecule has 0 spiro atoms. The Hall–Kier alpha value is -1.42. The molecule has 21 heavy (non-hydrogen) atoms. The van der Waals surface area contributed by atoms with Gasteiger partial charge in [0.15, 0.2) is 0 Å². The van der Waals surface area contributed by atoms with E-state index in [1.54, 1.807) is 24.3 Å². The van der Waals surface area contributed by atoms with Gasteiger partial charge in [0.1, 0.15) is 0 Å². The second-order valence-electron chi connectivity index (χ2n) is 4.67.